The number of aliphatic hydroxyl groups is 1. The summed E-state index contributed by atoms with van der Waals surface area (Å²) >= 11 is 0. The van der Waals surface area contributed by atoms with Crippen molar-refractivity contribution in [3.05, 3.63) is 47.5 Å². The first-order valence-electron chi connectivity index (χ1n) is 11.1. The molecule has 0 bridgehead atoms. The van der Waals surface area contributed by atoms with E-state index in [-0.39, 0.29) is 73.4 Å². The van der Waals surface area contributed by atoms with Crippen LogP contribution in [0.4, 0.5) is 0 Å². The molecule has 1 unspecified atom stereocenters. The zero-order valence-electron chi connectivity index (χ0n) is 19.9. The number of hydrogen-bond acceptors (Lipinski definition) is 11. The minimum Gasteiger partial charge on any atom is -0.507 e. The molecule has 0 aliphatic rings. The largest absolute Gasteiger partial charge is 0.507 e. The predicted octanol–water partition coefficient (Wildman–Crippen LogP) is 2.19. The molecular formula is C25H28O11. The number of rotatable bonds is 13. The molecule has 0 aliphatic carbocycles. The number of carbonyl (C=O) groups is 4. The summed E-state index contributed by atoms with van der Waals surface area (Å²) in [4.78, 5) is 46.7. The van der Waals surface area contributed by atoms with E-state index in [0.717, 1.165) is 0 Å². The molecule has 2 aromatic rings. The van der Waals surface area contributed by atoms with Crippen molar-refractivity contribution in [2.45, 2.75) is 32.8 Å². The first-order valence-corrected chi connectivity index (χ1v) is 11.1. The van der Waals surface area contributed by atoms with E-state index in [2.05, 4.69) is 4.74 Å². The Hall–Kier alpha value is -4.12. The van der Waals surface area contributed by atoms with Crippen molar-refractivity contribution in [1.29, 1.82) is 0 Å². The van der Waals surface area contributed by atoms with E-state index in [1.54, 1.807) is 6.92 Å². The molecule has 0 amide bonds. The fourth-order valence-electron chi connectivity index (χ4n) is 3.03. The van der Waals surface area contributed by atoms with Crippen LogP contribution < -0.4 is 9.47 Å². The Bertz CT molecular complexity index is 1090. The number of hydrogen-bond donors (Lipinski definition) is 3. The third kappa shape index (κ3) is 8.27. The first kappa shape index (κ1) is 28.1. The van der Waals surface area contributed by atoms with Gasteiger partial charge in [-0.3, -0.25) is 9.59 Å². The van der Waals surface area contributed by atoms with Crippen molar-refractivity contribution < 1.29 is 53.4 Å². The van der Waals surface area contributed by atoms with Gasteiger partial charge in [0.15, 0.2) is 11.6 Å². The van der Waals surface area contributed by atoms with Crippen molar-refractivity contribution in [3.8, 4) is 23.0 Å². The lowest BCUT2D eigenvalue weighted by molar-refractivity contribution is -0.167. The Kier molecular flexibility index (Phi) is 10.7. The number of ketones is 2. The SMILES string of the molecule is CCOC(=O)C(=O)OCCCC(=O)c1cc(OCC(O)COc2cccc(O)c2C(C)=O)ccc1O. The molecule has 3 N–H and O–H groups in total. The standard InChI is InChI=1S/C25H28O11/c1-3-33-24(31)25(32)34-11-5-7-19(28)18-12-17(9-10-20(18)29)35-13-16(27)14-36-22-8-4-6-21(30)23(22)15(2)26/h4,6,8-10,12,16,27,29-30H,3,5,7,11,13-14H2,1-2H3. The molecule has 36 heavy (non-hydrogen) atoms. The number of ether oxygens (including phenoxy) is 4. The summed E-state index contributed by atoms with van der Waals surface area (Å²) in [6.07, 6.45) is -1.08. The minimum absolute atomic E-state index is 0.00275. The van der Waals surface area contributed by atoms with Gasteiger partial charge in [0.2, 0.25) is 0 Å². The highest BCUT2D eigenvalue weighted by Crippen LogP contribution is 2.28. The molecule has 11 nitrogen and oxygen atoms in total. The molecule has 0 spiro atoms. The molecule has 2 rings (SSSR count). The monoisotopic (exact) mass is 504 g/mol. The highest BCUT2D eigenvalue weighted by Gasteiger charge is 2.18. The van der Waals surface area contributed by atoms with E-state index in [9.17, 15) is 34.5 Å². The zero-order valence-corrected chi connectivity index (χ0v) is 19.9. The number of benzene rings is 2. The number of carbonyl (C=O) groups excluding carboxylic acids is 4. The van der Waals surface area contributed by atoms with Crippen LogP contribution in [0.3, 0.4) is 0 Å². The van der Waals surface area contributed by atoms with Crippen molar-refractivity contribution in [2.24, 2.45) is 0 Å². The van der Waals surface area contributed by atoms with Gasteiger partial charge >= 0.3 is 11.9 Å². The molecule has 194 valence electrons. The molecule has 0 saturated heterocycles. The van der Waals surface area contributed by atoms with E-state index in [0.29, 0.717) is 0 Å². The lowest BCUT2D eigenvalue weighted by atomic mass is 10.1. The van der Waals surface area contributed by atoms with Crippen molar-refractivity contribution in [2.75, 3.05) is 26.4 Å². The van der Waals surface area contributed by atoms with E-state index in [1.165, 1.54) is 43.3 Å². The maximum atomic E-state index is 12.4. The van der Waals surface area contributed by atoms with Gasteiger partial charge < -0.3 is 34.3 Å². The number of aromatic hydroxyl groups is 2. The van der Waals surface area contributed by atoms with Crippen molar-refractivity contribution >= 4 is 23.5 Å². The second-order valence-electron chi connectivity index (χ2n) is 7.54. The third-order valence-electron chi connectivity index (χ3n) is 4.72. The van der Waals surface area contributed by atoms with Crippen molar-refractivity contribution in [3.63, 3.8) is 0 Å². The summed E-state index contributed by atoms with van der Waals surface area (Å²) in [6.45, 7) is 2.21. The topological polar surface area (TPSA) is 166 Å². The zero-order chi connectivity index (χ0) is 26.7. The Morgan fingerprint density at radius 3 is 2.31 bits per heavy atom. The van der Waals surface area contributed by atoms with Gasteiger partial charge in [-0.05, 0) is 50.6 Å². The van der Waals surface area contributed by atoms with Gasteiger partial charge in [-0.15, -0.1) is 0 Å². The summed E-state index contributed by atoms with van der Waals surface area (Å²) in [5.41, 5.74) is -0.0243. The lowest BCUT2D eigenvalue weighted by Gasteiger charge is -2.16. The normalized spacial score (nSPS) is 11.3. The number of phenols is 2. The van der Waals surface area contributed by atoms with Crippen LogP contribution in [-0.4, -0.2) is 71.4 Å². The van der Waals surface area contributed by atoms with Gasteiger partial charge in [0, 0.05) is 6.42 Å². The second kappa shape index (κ2) is 13.7. The van der Waals surface area contributed by atoms with E-state index in [4.69, 9.17) is 14.2 Å². The maximum absolute atomic E-state index is 12.4. The molecule has 0 radical (unpaired) electrons. The number of esters is 2. The minimum atomic E-state index is -1.15. The average molecular weight is 504 g/mol. The highest BCUT2D eigenvalue weighted by molar-refractivity contribution is 6.29. The van der Waals surface area contributed by atoms with Gasteiger partial charge in [-0.1, -0.05) is 6.07 Å². The van der Waals surface area contributed by atoms with E-state index >= 15 is 0 Å². The van der Waals surface area contributed by atoms with Crippen LogP contribution in [-0.2, 0) is 19.1 Å². The van der Waals surface area contributed by atoms with Crippen LogP contribution in [0.1, 0.15) is 47.4 Å². The molecular weight excluding hydrogens is 476 g/mol. The van der Waals surface area contributed by atoms with Crippen LogP contribution in [0.15, 0.2) is 36.4 Å². The van der Waals surface area contributed by atoms with Crippen molar-refractivity contribution in [1.82, 2.24) is 0 Å². The summed E-state index contributed by atoms with van der Waals surface area (Å²) in [7, 11) is 0. The third-order valence-corrected chi connectivity index (χ3v) is 4.72. The Balaban J connectivity index is 1.86. The molecule has 2 aromatic carbocycles. The Morgan fingerprint density at radius 2 is 1.61 bits per heavy atom. The maximum Gasteiger partial charge on any atom is 0.417 e. The lowest BCUT2D eigenvalue weighted by Crippen LogP contribution is -2.25. The summed E-state index contributed by atoms with van der Waals surface area (Å²) in [6, 6.07) is 8.31. The number of aliphatic hydroxyl groups excluding tert-OH is 1. The number of Topliss-reactive ketones (excluding diaryl/α,β-unsaturated/α-hetero) is 2. The van der Waals surface area contributed by atoms with Crippen LogP contribution in [0.2, 0.25) is 0 Å². The fourth-order valence-corrected chi connectivity index (χ4v) is 3.03. The molecule has 0 aliphatic heterocycles. The van der Waals surface area contributed by atoms with Crippen LogP contribution in [0.5, 0.6) is 23.0 Å². The molecule has 1 atom stereocenters. The van der Waals surface area contributed by atoms with E-state index < -0.39 is 29.6 Å². The molecule has 0 heterocycles. The fraction of sp³-hybridized carbons (Fsp3) is 0.360. The Labute approximate surface area is 207 Å². The molecule has 0 fully saturated rings. The molecule has 0 saturated carbocycles. The summed E-state index contributed by atoms with van der Waals surface area (Å²) in [5.74, 6) is -3.30. The van der Waals surface area contributed by atoms with Gasteiger partial charge in [0.1, 0.15) is 47.9 Å². The molecule has 11 heteroatoms. The van der Waals surface area contributed by atoms with Gasteiger partial charge in [-0.25, -0.2) is 9.59 Å². The second-order valence-corrected chi connectivity index (χ2v) is 7.54. The summed E-state index contributed by atoms with van der Waals surface area (Å²) in [5, 5.41) is 30.0. The molecule has 0 aromatic heterocycles. The smallest absolute Gasteiger partial charge is 0.417 e. The van der Waals surface area contributed by atoms with Crippen LogP contribution in [0.25, 0.3) is 0 Å². The number of phenolic OH excluding ortho intramolecular Hbond substituents is 2. The van der Waals surface area contributed by atoms with Gasteiger partial charge in [0.25, 0.3) is 0 Å². The highest BCUT2D eigenvalue weighted by atomic mass is 16.6. The van der Waals surface area contributed by atoms with Gasteiger partial charge in [-0.2, -0.15) is 0 Å². The van der Waals surface area contributed by atoms with Crippen LogP contribution in [0, 0.1) is 0 Å². The first-order chi connectivity index (χ1) is 17.1. The van der Waals surface area contributed by atoms with E-state index in [1.807, 2.05) is 0 Å². The van der Waals surface area contributed by atoms with Gasteiger partial charge in [0.05, 0.1) is 18.8 Å². The summed E-state index contributed by atoms with van der Waals surface area (Å²) < 4.78 is 20.1. The predicted molar refractivity (Wildman–Crippen MR) is 124 cm³/mol. The average Bonchev–Trinajstić information content (AvgIpc) is 2.84. The Morgan fingerprint density at radius 1 is 0.917 bits per heavy atom. The van der Waals surface area contributed by atoms with Crippen LogP contribution >= 0.6 is 0 Å². The quantitative estimate of drug-likeness (QED) is 0.158.